The predicted molar refractivity (Wildman–Crippen MR) is 95.9 cm³/mol. The second-order valence-electron chi connectivity index (χ2n) is 6.61. The highest BCUT2D eigenvalue weighted by atomic mass is 32.1. The van der Waals surface area contributed by atoms with Gasteiger partial charge in [0.25, 0.3) is 0 Å². The van der Waals surface area contributed by atoms with Crippen LogP contribution in [0.5, 0.6) is 0 Å². The lowest BCUT2D eigenvalue weighted by atomic mass is 9.54. The van der Waals surface area contributed by atoms with Gasteiger partial charge in [-0.15, -0.1) is 0 Å². The minimum atomic E-state index is -1.58. The first kappa shape index (κ1) is 17.4. The average Bonchev–Trinajstić information content (AvgIpc) is 3.15. The first-order chi connectivity index (χ1) is 12.1. The van der Waals surface area contributed by atoms with Gasteiger partial charge in [-0.2, -0.15) is 27.1 Å². The fourth-order valence-electron chi connectivity index (χ4n) is 4.19. The van der Waals surface area contributed by atoms with Gasteiger partial charge in [-0.05, 0) is 40.9 Å². The minimum Gasteiger partial charge on any atom is -0.305 e. The Kier molecular flexibility index (Phi) is 4.73. The molecule has 0 bridgehead atoms. The highest BCUT2D eigenvalue weighted by Gasteiger charge is 2.57. The molecule has 0 saturated heterocycles. The molecule has 5 nitrogen and oxygen atoms in total. The highest BCUT2D eigenvalue weighted by molar-refractivity contribution is 7.08. The largest absolute Gasteiger partial charge is 0.305 e. The summed E-state index contributed by atoms with van der Waals surface area (Å²) in [5, 5.41) is 41.9. The SMILES string of the molecule is CCCN1CC=C2C(C#N)C(=N)C(C#N)(C#N)[C@H](c3ccsc3)[C@H]2C1. The summed E-state index contributed by atoms with van der Waals surface area (Å²) in [6.07, 6.45) is 3.07. The van der Waals surface area contributed by atoms with E-state index >= 15 is 0 Å². The Morgan fingerprint density at radius 1 is 1.36 bits per heavy atom. The number of fused-ring (bicyclic) bond motifs is 1. The number of hydrogen-bond acceptors (Lipinski definition) is 6. The van der Waals surface area contributed by atoms with E-state index in [0.717, 1.165) is 37.2 Å². The number of nitriles is 3. The van der Waals surface area contributed by atoms with Gasteiger partial charge >= 0.3 is 0 Å². The summed E-state index contributed by atoms with van der Waals surface area (Å²) >= 11 is 1.53. The quantitative estimate of drug-likeness (QED) is 0.846. The lowest BCUT2D eigenvalue weighted by molar-refractivity contribution is 0.204. The zero-order valence-electron chi connectivity index (χ0n) is 14.1. The van der Waals surface area contributed by atoms with Crippen LogP contribution < -0.4 is 0 Å². The van der Waals surface area contributed by atoms with Crippen LogP contribution in [0.2, 0.25) is 0 Å². The van der Waals surface area contributed by atoms with Gasteiger partial charge < -0.3 is 5.41 Å². The highest BCUT2D eigenvalue weighted by Crippen LogP contribution is 2.53. The van der Waals surface area contributed by atoms with Crippen LogP contribution in [0.4, 0.5) is 0 Å². The van der Waals surface area contributed by atoms with Crippen molar-refractivity contribution in [1.29, 1.82) is 21.2 Å². The van der Waals surface area contributed by atoms with Crippen molar-refractivity contribution in [3.63, 3.8) is 0 Å². The zero-order valence-corrected chi connectivity index (χ0v) is 14.9. The van der Waals surface area contributed by atoms with Crippen LogP contribution in [0.25, 0.3) is 0 Å². The van der Waals surface area contributed by atoms with Crippen molar-refractivity contribution in [2.75, 3.05) is 19.6 Å². The molecule has 1 aliphatic heterocycles. The van der Waals surface area contributed by atoms with E-state index in [2.05, 4.69) is 30.0 Å². The second kappa shape index (κ2) is 6.81. The lowest BCUT2D eigenvalue weighted by Gasteiger charge is -2.47. The molecule has 1 fully saturated rings. The summed E-state index contributed by atoms with van der Waals surface area (Å²) in [4.78, 5) is 2.30. The normalized spacial score (nSPS) is 28.2. The molecular formula is C19H19N5S. The molecule has 0 radical (unpaired) electrons. The Labute approximate surface area is 151 Å². The van der Waals surface area contributed by atoms with Gasteiger partial charge in [0, 0.05) is 24.9 Å². The lowest BCUT2D eigenvalue weighted by Crippen LogP contribution is -2.52. The Bertz CT molecular complexity index is 803. The summed E-state index contributed by atoms with van der Waals surface area (Å²) in [7, 11) is 0. The van der Waals surface area contributed by atoms with Crippen molar-refractivity contribution in [1.82, 2.24) is 4.90 Å². The van der Waals surface area contributed by atoms with E-state index < -0.39 is 17.3 Å². The Morgan fingerprint density at radius 2 is 2.12 bits per heavy atom. The van der Waals surface area contributed by atoms with Gasteiger partial charge in [0.05, 0.1) is 23.9 Å². The summed E-state index contributed by atoms with van der Waals surface area (Å²) in [5.41, 5.74) is 0.182. The number of hydrogen-bond donors (Lipinski definition) is 1. The van der Waals surface area contributed by atoms with Crippen LogP contribution in [-0.4, -0.2) is 30.2 Å². The van der Waals surface area contributed by atoms with Crippen LogP contribution in [0.3, 0.4) is 0 Å². The molecule has 1 unspecified atom stereocenters. The van der Waals surface area contributed by atoms with Gasteiger partial charge in [-0.3, -0.25) is 4.90 Å². The molecular weight excluding hydrogens is 330 g/mol. The van der Waals surface area contributed by atoms with Crippen molar-refractivity contribution < 1.29 is 0 Å². The van der Waals surface area contributed by atoms with E-state index in [1.54, 1.807) is 0 Å². The molecule has 25 heavy (non-hydrogen) atoms. The van der Waals surface area contributed by atoms with E-state index in [9.17, 15) is 15.8 Å². The van der Waals surface area contributed by atoms with Gasteiger partial charge in [0.1, 0.15) is 5.92 Å². The molecule has 3 rings (SSSR count). The van der Waals surface area contributed by atoms with Crippen LogP contribution in [0.15, 0.2) is 28.5 Å². The van der Waals surface area contributed by atoms with Crippen molar-refractivity contribution in [2.45, 2.75) is 19.3 Å². The third-order valence-corrected chi connectivity index (χ3v) is 6.01. The van der Waals surface area contributed by atoms with E-state index in [-0.39, 0.29) is 11.6 Å². The second-order valence-corrected chi connectivity index (χ2v) is 7.39. The van der Waals surface area contributed by atoms with Crippen molar-refractivity contribution in [3.8, 4) is 18.2 Å². The Hall–Kier alpha value is -2.46. The molecule has 6 heteroatoms. The first-order valence-electron chi connectivity index (χ1n) is 8.38. The zero-order chi connectivity index (χ0) is 18.0. The number of rotatable bonds is 3. The van der Waals surface area contributed by atoms with E-state index in [4.69, 9.17) is 5.41 Å². The summed E-state index contributed by atoms with van der Waals surface area (Å²) in [5.74, 6) is -1.27. The molecule has 126 valence electrons. The van der Waals surface area contributed by atoms with Crippen LogP contribution in [0, 0.1) is 56.7 Å². The Balaban J connectivity index is 2.18. The van der Waals surface area contributed by atoms with Crippen LogP contribution in [0.1, 0.15) is 24.8 Å². The molecule has 1 saturated carbocycles. The van der Waals surface area contributed by atoms with Crippen molar-refractivity contribution >= 4 is 17.0 Å². The number of thiophene rings is 1. The maximum absolute atomic E-state index is 9.90. The van der Waals surface area contributed by atoms with E-state index in [0.29, 0.717) is 0 Å². The number of nitrogens with one attached hydrogen (secondary N) is 1. The molecule has 0 amide bonds. The van der Waals surface area contributed by atoms with Gasteiger partial charge in [0.15, 0.2) is 5.41 Å². The van der Waals surface area contributed by atoms with E-state index in [1.165, 1.54) is 11.3 Å². The maximum Gasteiger partial charge on any atom is 0.189 e. The predicted octanol–water partition coefficient (Wildman–Crippen LogP) is 3.31. The molecule has 0 aromatic carbocycles. The topological polar surface area (TPSA) is 98.5 Å². The van der Waals surface area contributed by atoms with Crippen LogP contribution >= 0.6 is 11.3 Å². The molecule has 2 heterocycles. The first-order valence-corrected chi connectivity index (χ1v) is 9.32. The average molecular weight is 349 g/mol. The molecule has 1 aliphatic carbocycles. The maximum atomic E-state index is 9.90. The molecule has 3 atom stereocenters. The summed E-state index contributed by atoms with van der Waals surface area (Å²) < 4.78 is 0. The number of nitrogens with zero attached hydrogens (tertiary/aromatic N) is 4. The minimum absolute atomic E-state index is 0.0670. The molecule has 2 aliphatic rings. The third kappa shape index (κ3) is 2.57. The molecule has 1 aromatic rings. The Morgan fingerprint density at radius 3 is 2.68 bits per heavy atom. The standard InChI is InChI=1S/C19H19N5S/c1-2-5-24-6-3-14-15(8-20)18(23)19(11-21,12-22)17(16(14)9-24)13-4-7-25-10-13/h3-4,7,10,15-17,23H,2,5-6,9H2,1H3/t15?,16-,17+/m0/s1. The summed E-state index contributed by atoms with van der Waals surface area (Å²) in [6, 6.07) is 8.36. The monoisotopic (exact) mass is 349 g/mol. The van der Waals surface area contributed by atoms with Gasteiger partial charge in [-0.25, -0.2) is 0 Å². The van der Waals surface area contributed by atoms with Crippen molar-refractivity contribution in [2.24, 2.45) is 17.3 Å². The molecule has 1 N–H and O–H groups in total. The van der Waals surface area contributed by atoms with Crippen LogP contribution in [-0.2, 0) is 0 Å². The third-order valence-electron chi connectivity index (χ3n) is 5.31. The molecule has 0 spiro atoms. The fraction of sp³-hybridized carbons (Fsp3) is 0.474. The smallest absolute Gasteiger partial charge is 0.189 e. The summed E-state index contributed by atoms with van der Waals surface area (Å²) in [6.45, 7) is 4.54. The van der Waals surface area contributed by atoms with Gasteiger partial charge in [0.2, 0.25) is 0 Å². The fourth-order valence-corrected chi connectivity index (χ4v) is 4.89. The van der Waals surface area contributed by atoms with Crippen molar-refractivity contribution in [3.05, 3.63) is 34.0 Å². The van der Waals surface area contributed by atoms with E-state index in [1.807, 2.05) is 22.9 Å². The molecule has 1 aromatic heterocycles. The van der Waals surface area contributed by atoms with Gasteiger partial charge in [-0.1, -0.05) is 13.0 Å².